The van der Waals surface area contributed by atoms with Crippen LogP contribution in [0.2, 0.25) is 0 Å². The van der Waals surface area contributed by atoms with E-state index in [0.29, 0.717) is 37.6 Å². The second kappa shape index (κ2) is 10.4. The van der Waals surface area contributed by atoms with Gasteiger partial charge in [0.05, 0.1) is 21.2 Å². The Morgan fingerprint density at radius 1 is 0.968 bits per heavy atom. The van der Waals surface area contributed by atoms with E-state index in [9.17, 15) is 23.3 Å². The molecular formula is C21H28N4O5S. The minimum absolute atomic E-state index is 0.0890. The van der Waals surface area contributed by atoms with Crippen LogP contribution in [0.3, 0.4) is 0 Å². The lowest BCUT2D eigenvalue weighted by atomic mass is 10.1. The monoisotopic (exact) mass is 448 g/mol. The first-order valence-electron chi connectivity index (χ1n) is 10.1. The Hall–Kier alpha value is -2.98. The number of nitro groups is 1. The summed E-state index contributed by atoms with van der Waals surface area (Å²) >= 11 is 0. The Morgan fingerprint density at radius 2 is 1.55 bits per heavy atom. The van der Waals surface area contributed by atoms with Crippen LogP contribution in [0.25, 0.3) is 0 Å². The number of nitrogens with zero attached hydrogens (tertiary/aromatic N) is 3. The van der Waals surface area contributed by atoms with Crippen molar-refractivity contribution >= 4 is 33.0 Å². The lowest BCUT2D eigenvalue weighted by Crippen LogP contribution is -2.31. The van der Waals surface area contributed by atoms with Crippen molar-refractivity contribution in [3.8, 4) is 0 Å². The molecular weight excluding hydrogens is 420 g/mol. The minimum atomic E-state index is -3.71. The molecule has 1 amide bonds. The van der Waals surface area contributed by atoms with Crippen molar-refractivity contribution in [2.24, 2.45) is 0 Å². The molecule has 0 radical (unpaired) electrons. The molecule has 0 aliphatic carbocycles. The second-order valence-electron chi connectivity index (χ2n) is 6.70. The first-order chi connectivity index (χ1) is 14.7. The number of carbonyl (C=O) groups excluding carboxylic acids is 1. The Labute approximate surface area is 182 Å². The molecule has 0 aliphatic rings. The number of amides is 1. The van der Waals surface area contributed by atoms with Crippen LogP contribution in [-0.2, 0) is 10.0 Å². The topological polar surface area (TPSA) is 113 Å². The minimum Gasteiger partial charge on any atom is -0.370 e. The third-order valence-electron chi connectivity index (χ3n) is 5.00. The quantitative estimate of drug-likeness (QED) is 0.438. The van der Waals surface area contributed by atoms with E-state index in [1.165, 1.54) is 34.6 Å². The van der Waals surface area contributed by atoms with Gasteiger partial charge in [0, 0.05) is 43.9 Å². The molecule has 9 nitrogen and oxygen atoms in total. The van der Waals surface area contributed by atoms with Crippen LogP contribution in [-0.4, -0.2) is 49.7 Å². The Morgan fingerprint density at radius 3 is 2.03 bits per heavy atom. The molecule has 2 aromatic carbocycles. The van der Waals surface area contributed by atoms with Crippen LogP contribution in [0, 0.1) is 10.1 Å². The van der Waals surface area contributed by atoms with E-state index >= 15 is 0 Å². The summed E-state index contributed by atoms with van der Waals surface area (Å²) in [5.41, 5.74) is 1.17. The number of hydrogen-bond acceptors (Lipinski definition) is 6. The lowest BCUT2D eigenvalue weighted by molar-refractivity contribution is -0.384. The van der Waals surface area contributed by atoms with Crippen molar-refractivity contribution in [3.05, 3.63) is 58.1 Å². The van der Waals surface area contributed by atoms with Crippen LogP contribution < -0.4 is 10.2 Å². The van der Waals surface area contributed by atoms with Crippen LogP contribution >= 0.6 is 0 Å². The molecule has 2 aromatic rings. The Bertz CT molecular complexity index is 1030. The zero-order valence-electron chi connectivity index (χ0n) is 18.2. The molecule has 0 saturated heterocycles. The summed E-state index contributed by atoms with van der Waals surface area (Å²) in [7, 11) is -3.71. The van der Waals surface area contributed by atoms with Crippen molar-refractivity contribution < 1.29 is 18.1 Å². The van der Waals surface area contributed by atoms with Gasteiger partial charge in [-0.15, -0.1) is 0 Å². The van der Waals surface area contributed by atoms with Crippen molar-refractivity contribution in [3.63, 3.8) is 0 Å². The second-order valence-corrected chi connectivity index (χ2v) is 8.64. The van der Waals surface area contributed by atoms with Gasteiger partial charge in [-0.25, -0.2) is 8.42 Å². The van der Waals surface area contributed by atoms with Gasteiger partial charge >= 0.3 is 0 Å². The highest BCUT2D eigenvalue weighted by molar-refractivity contribution is 7.89. The smallest absolute Gasteiger partial charge is 0.269 e. The summed E-state index contributed by atoms with van der Waals surface area (Å²) in [5, 5.41) is 13.6. The number of nitro benzene ring substituents is 1. The van der Waals surface area contributed by atoms with Gasteiger partial charge in [-0.05, 0) is 44.2 Å². The number of hydrogen-bond donors (Lipinski definition) is 1. The van der Waals surface area contributed by atoms with E-state index in [4.69, 9.17) is 0 Å². The molecule has 0 heterocycles. The summed E-state index contributed by atoms with van der Waals surface area (Å²) in [4.78, 5) is 25.2. The fourth-order valence-electron chi connectivity index (χ4n) is 3.26. The third kappa shape index (κ3) is 5.39. The molecule has 1 N–H and O–H groups in total. The standard InChI is InChI=1S/C21H28N4O5S/c1-5-23(6-2)20-14-13-18(31(29,30)24(7-3)8-4)15-19(20)22-21(26)16-9-11-17(12-10-16)25(27)28/h9-15H,5-8H2,1-4H3,(H,22,26). The molecule has 0 aliphatic heterocycles. The van der Waals surface area contributed by atoms with Crippen molar-refractivity contribution in [2.45, 2.75) is 32.6 Å². The number of sulfonamides is 1. The highest BCUT2D eigenvalue weighted by Crippen LogP contribution is 2.31. The maximum Gasteiger partial charge on any atom is 0.269 e. The number of rotatable bonds is 10. The Balaban J connectivity index is 2.48. The van der Waals surface area contributed by atoms with E-state index in [1.54, 1.807) is 26.0 Å². The first kappa shape index (κ1) is 24.3. The van der Waals surface area contributed by atoms with Gasteiger partial charge in [0.2, 0.25) is 10.0 Å². The van der Waals surface area contributed by atoms with Gasteiger partial charge in [0.15, 0.2) is 0 Å². The molecule has 31 heavy (non-hydrogen) atoms. The predicted octanol–water partition coefficient (Wildman–Crippen LogP) is 3.72. The number of non-ortho nitro benzene ring substituents is 1. The third-order valence-corrected chi connectivity index (χ3v) is 7.05. The molecule has 0 atom stereocenters. The number of benzene rings is 2. The van der Waals surface area contributed by atoms with Crippen LogP contribution in [0.5, 0.6) is 0 Å². The van der Waals surface area contributed by atoms with E-state index in [2.05, 4.69) is 5.32 Å². The molecule has 2 rings (SSSR count). The fraction of sp³-hybridized carbons (Fsp3) is 0.381. The fourth-order valence-corrected chi connectivity index (χ4v) is 4.74. The summed E-state index contributed by atoms with van der Waals surface area (Å²) < 4.78 is 27.3. The van der Waals surface area contributed by atoms with E-state index in [0.717, 1.165) is 0 Å². The van der Waals surface area contributed by atoms with Gasteiger partial charge in [0.25, 0.3) is 11.6 Å². The maximum atomic E-state index is 13.0. The van der Waals surface area contributed by atoms with E-state index in [-0.39, 0.29) is 16.1 Å². The lowest BCUT2D eigenvalue weighted by Gasteiger charge is -2.26. The van der Waals surface area contributed by atoms with Crippen LogP contribution in [0.4, 0.5) is 17.1 Å². The van der Waals surface area contributed by atoms with Crippen molar-refractivity contribution in [1.82, 2.24) is 4.31 Å². The van der Waals surface area contributed by atoms with Gasteiger partial charge in [-0.2, -0.15) is 4.31 Å². The predicted molar refractivity (Wildman–Crippen MR) is 121 cm³/mol. The molecule has 168 valence electrons. The SMILES string of the molecule is CCN(CC)c1ccc(S(=O)(=O)N(CC)CC)cc1NC(=O)c1ccc([N+](=O)[O-])cc1. The van der Waals surface area contributed by atoms with Gasteiger partial charge in [-0.1, -0.05) is 13.8 Å². The average Bonchev–Trinajstić information content (AvgIpc) is 2.76. The van der Waals surface area contributed by atoms with E-state index < -0.39 is 20.9 Å². The van der Waals surface area contributed by atoms with Gasteiger partial charge in [0.1, 0.15) is 0 Å². The molecule has 0 aromatic heterocycles. The number of anilines is 2. The normalized spacial score (nSPS) is 11.4. The first-order valence-corrected chi connectivity index (χ1v) is 11.6. The van der Waals surface area contributed by atoms with Crippen LogP contribution in [0.15, 0.2) is 47.4 Å². The molecule has 0 spiro atoms. The Kier molecular flexibility index (Phi) is 8.12. The average molecular weight is 449 g/mol. The highest BCUT2D eigenvalue weighted by Gasteiger charge is 2.24. The molecule has 0 saturated carbocycles. The summed E-state index contributed by atoms with van der Waals surface area (Å²) in [6, 6.07) is 9.92. The van der Waals surface area contributed by atoms with Crippen molar-refractivity contribution in [2.75, 3.05) is 36.4 Å². The maximum absolute atomic E-state index is 13.0. The van der Waals surface area contributed by atoms with Gasteiger partial charge in [-0.3, -0.25) is 14.9 Å². The summed E-state index contributed by atoms with van der Waals surface area (Å²) in [5.74, 6) is -0.485. The molecule has 10 heteroatoms. The van der Waals surface area contributed by atoms with E-state index in [1.807, 2.05) is 18.7 Å². The number of nitrogens with one attached hydrogen (secondary N) is 1. The highest BCUT2D eigenvalue weighted by atomic mass is 32.2. The summed E-state index contributed by atoms with van der Waals surface area (Å²) in [6.45, 7) is 9.46. The zero-order valence-corrected chi connectivity index (χ0v) is 19.0. The van der Waals surface area contributed by atoms with Crippen LogP contribution in [0.1, 0.15) is 38.1 Å². The number of carbonyl (C=O) groups is 1. The van der Waals surface area contributed by atoms with Crippen molar-refractivity contribution in [1.29, 1.82) is 0 Å². The summed E-state index contributed by atoms with van der Waals surface area (Å²) in [6.07, 6.45) is 0. The largest absolute Gasteiger partial charge is 0.370 e. The zero-order chi connectivity index (χ0) is 23.2. The van der Waals surface area contributed by atoms with Gasteiger partial charge < -0.3 is 10.2 Å². The molecule has 0 fully saturated rings. The molecule has 0 bridgehead atoms. The molecule has 0 unspecified atom stereocenters.